The van der Waals surface area contributed by atoms with Gasteiger partial charge in [0.2, 0.25) is 0 Å². The molecule has 0 fully saturated rings. The van der Waals surface area contributed by atoms with E-state index >= 15 is 0 Å². The molecule has 1 N–H and O–H groups in total. The second-order valence-electron chi connectivity index (χ2n) is 5.16. The molecule has 1 heterocycles. The van der Waals surface area contributed by atoms with Crippen molar-refractivity contribution >= 4 is 40.0 Å². The number of halogens is 2. The number of allylic oxidation sites excluding steroid dienone is 1. The molecule has 0 spiro atoms. The molecule has 6 heteroatoms. The highest BCUT2D eigenvalue weighted by molar-refractivity contribution is 6.35. The Bertz CT molecular complexity index is 870. The van der Waals surface area contributed by atoms with Crippen LogP contribution < -0.4 is 4.74 Å². The number of H-pyrrole nitrogens is 1. The molecule has 4 nitrogen and oxygen atoms in total. The Morgan fingerprint density at radius 2 is 2.04 bits per heavy atom. The summed E-state index contributed by atoms with van der Waals surface area (Å²) >= 11 is 11.8. The number of nitrogens with one attached hydrogen (secondary N) is 1. The summed E-state index contributed by atoms with van der Waals surface area (Å²) in [6.45, 7) is 0. The van der Waals surface area contributed by atoms with E-state index in [-0.39, 0.29) is 5.78 Å². The first-order chi connectivity index (χ1) is 11.6. The number of nitrogens with zero attached hydrogens (tertiary/aromatic N) is 1. The average Bonchev–Trinajstić information content (AvgIpc) is 2.98. The summed E-state index contributed by atoms with van der Waals surface area (Å²) in [5.41, 5.74) is 1.87. The number of para-hydroxylation sites is 2. The second-order valence-corrected chi connectivity index (χ2v) is 6.01. The van der Waals surface area contributed by atoms with E-state index in [2.05, 4.69) is 9.97 Å². The molecule has 0 unspecified atom stereocenters. The standard InChI is InChI=1S/C18H14Cl2N2O2/c19-12-5-7-17(14(20)11-12)24-10-9-13(23)6-8-18-21-15-3-1-2-4-16(15)22-18/h1-5,7,9-11H,6,8H2,(H,21,22)/b10-9-. The molecule has 1 aromatic heterocycles. The van der Waals surface area contributed by atoms with Crippen LogP contribution in [0.4, 0.5) is 0 Å². The second kappa shape index (κ2) is 7.51. The molecule has 0 bridgehead atoms. The van der Waals surface area contributed by atoms with Gasteiger partial charge in [0.05, 0.1) is 22.3 Å². The molecule has 0 aliphatic heterocycles. The van der Waals surface area contributed by atoms with Crippen LogP contribution in [0.1, 0.15) is 12.2 Å². The van der Waals surface area contributed by atoms with Gasteiger partial charge in [-0.25, -0.2) is 4.98 Å². The largest absolute Gasteiger partial charge is 0.463 e. The normalized spacial score (nSPS) is 11.2. The molecule has 0 saturated heterocycles. The topological polar surface area (TPSA) is 55.0 Å². The predicted octanol–water partition coefficient (Wildman–Crippen LogP) is 4.96. The van der Waals surface area contributed by atoms with E-state index in [1.54, 1.807) is 18.2 Å². The zero-order valence-electron chi connectivity index (χ0n) is 12.6. The quantitative estimate of drug-likeness (QED) is 0.499. The van der Waals surface area contributed by atoms with Crippen LogP contribution in [0.25, 0.3) is 11.0 Å². The first kappa shape index (κ1) is 16.6. The third-order valence-corrected chi connectivity index (χ3v) is 3.92. The maximum absolute atomic E-state index is 11.9. The molecule has 0 amide bonds. The number of aryl methyl sites for hydroxylation is 1. The number of ether oxygens (including phenoxy) is 1. The summed E-state index contributed by atoms with van der Waals surface area (Å²) in [4.78, 5) is 19.5. The van der Waals surface area contributed by atoms with Crippen molar-refractivity contribution in [3.8, 4) is 5.75 Å². The van der Waals surface area contributed by atoms with E-state index < -0.39 is 0 Å². The van der Waals surface area contributed by atoms with Gasteiger partial charge in [0.15, 0.2) is 5.78 Å². The summed E-state index contributed by atoms with van der Waals surface area (Å²) < 4.78 is 5.35. The summed E-state index contributed by atoms with van der Waals surface area (Å²) in [5, 5.41) is 0.917. The van der Waals surface area contributed by atoms with Gasteiger partial charge in [0, 0.05) is 23.9 Å². The Hall–Kier alpha value is -2.30. The maximum atomic E-state index is 11.9. The lowest BCUT2D eigenvalue weighted by molar-refractivity contribution is -0.114. The van der Waals surface area contributed by atoms with Crippen LogP contribution in [0.5, 0.6) is 5.75 Å². The van der Waals surface area contributed by atoms with Gasteiger partial charge in [-0.15, -0.1) is 0 Å². The van der Waals surface area contributed by atoms with Crippen molar-refractivity contribution in [3.05, 3.63) is 70.7 Å². The molecule has 0 aliphatic carbocycles. The number of aromatic amines is 1. The zero-order valence-corrected chi connectivity index (χ0v) is 14.1. The summed E-state index contributed by atoms with van der Waals surface area (Å²) in [5.74, 6) is 1.18. The zero-order chi connectivity index (χ0) is 16.9. The molecular formula is C18H14Cl2N2O2. The number of ketones is 1. The molecular weight excluding hydrogens is 347 g/mol. The fourth-order valence-electron chi connectivity index (χ4n) is 2.20. The van der Waals surface area contributed by atoms with Gasteiger partial charge in [0.1, 0.15) is 11.6 Å². The number of aromatic nitrogens is 2. The minimum atomic E-state index is -0.0551. The van der Waals surface area contributed by atoms with Crippen LogP contribution in [0.15, 0.2) is 54.8 Å². The van der Waals surface area contributed by atoms with Crippen molar-refractivity contribution < 1.29 is 9.53 Å². The summed E-state index contributed by atoms with van der Waals surface area (Å²) in [6.07, 6.45) is 3.59. The van der Waals surface area contributed by atoms with Crippen LogP contribution >= 0.6 is 23.2 Å². The van der Waals surface area contributed by atoms with E-state index in [0.29, 0.717) is 28.6 Å². The third kappa shape index (κ3) is 4.16. The van der Waals surface area contributed by atoms with Crippen LogP contribution in [0.2, 0.25) is 10.0 Å². The van der Waals surface area contributed by atoms with Crippen molar-refractivity contribution in [3.63, 3.8) is 0 Å². The Labute approximate surface area is 149 Å². The molecule has 0 aliphatic rings. The fraction of sp³-hybridized carbons (Fsp3) is 0.111. The number of carbonyl (C=O) groups is 1. The number of hydrogen-bond acceptors (Lipinski definition) is 3. The highest BCUT2D eigenvalue weighted by Gasteiger charge is 2.05. The lowest BCUT2D eigenvalue weighted by atomic mass is 10.2. The van der Waals surface area contributed by atoms with Crippen LogP contribution in [0, 0.1) is 0 Å². The highest BCUT2D eigenvalue weighted by Crippen LogP contribution is 2.27. The Balaban J connectivity index is 1.53. The number of carbonyl (C=O) groups excluding carboxylic acids is 1. The number of rotatable bonds is 6. The average molecular weight is 361 g/mol. The molecule has 0 atom stereocenters. The minimum Gasteiger partial charge on any atom is -0.463 e. The molecule has 3 rings (SSSR count). The Morgan fingerprint density at radius 1 is 1.21 bits per heavy atom. The predicted molar refractivity (Wildman–Crippen MR) is 95.7 cm³/mol. The van der Waals surface area contributed by atoms with Gasteiger partial charge in [-0.2, -0.15) is 0 Å². The SMILES string of the molecule is O=C(/C=C\Oc1ccc(Cl)cc1Cl)CCc1nc2ccccc2[nH]1. The van der Waals surface area contributed by atoms with Gasteiger partial charge in [-0.3, -0.25) is 4.79 Å². The lowest BCUT2D eigenvalue weighted by Gasteiger charge is -2.02. The molecule has 0 saturated carbocycles. The Kier molecular flexibility index (Phi) is 5.18. The van der Waals surface area contributed by atoms with E-state index in [9.17, 15) is 4.79 Å². The Morgan fingerprint density at radius 3 is 2.83 bits per heavy atom. The molecule has 0 radical (unpaired) electrons. The van der Waals surface area contributed by atoms with Crippen molar-refractivity contribution in [2.24, 2.45) is 0 Å². The van der Waals surface area contributed by atoms with Gasteiger partial charge >= 0.3 is 0 Å². The first-order valence-electron chi connectivity index (χ1n) is 7.36. The van der Waals surface area contributed by atoms with Crippen molar-refractivity contribution in [2.45, 2.75) is 12.8 Å². The fourth-order valence-corrected chi connectivity index (χ4v) is 2.66. The first-order valence-corrected chi connectivity index (χ1v) is 8.12. The monoisotopic (exact) mass is 360 g/mol. The van der Waals surface area contributed by atoms with Gasteiger partial charge in [-0.1, -0.05) is 35.3 Å². The lowest BCUT2D eigenvalue weighted by Crippen LogP contribution is -1.98. The van der Waals surface area contributed by atoms with Crippen LogP contribution in [-0.2, 0) is 11.2 Å². The van der Waals surface area contributed by atoms with Crippen molar-refractivity contribution in [2.75, 3.05) is 0 Å². The third-order valence-electron chi connectivity index (χ3n) is 3.39. The van der Waals surface area contributed by atoms with Gasteiger partial charge < -0.3 is 9.72 Å². The van der Waals surface area contributed by atoms with E-state index in [1.807, 2.05) is 24.3 Å². The van der Waals surface area contributed by atoms with E-state index in [0.717, 1.165) is 16.9 Å². The number of fused-ring (bicyclic) bond motifs is 1. The van der Waals surface area contributed by atoms with Crippen molar-refractivity contribution in [1.29, 1.82) is 0 Å². The molecule has 122 valence electrons. The maximum Gasteiger partial charge on any atom is 0.159 e. The van der Waals surface area contributed by atoms with E-state index in [1.165, 1.54) is 12.3 Å². The number of benzene rings is 2. The molecule has 2 aromatic carbocycles. The minimum absolute atomic E-state index is 0.0551. The van der Waals surface area contributed by atoms with Crippen LogP contribution in [-0.4, -0.2) is 15.8 Å². The van der Waals surface area contributed by atoms with Gasteiger partial charge in [0.25, 0.3) is 0 Å². The molecule has 24 heavy (non-hydrogen) atoms. The van der Waals surface area contributed by atoms with E-state index in [4.69, 9.17) is 27.9 Å². The van der Waals surface area contributed by atoms with Crippen molar-refractivity contribution in [1.82, 2.24) is 9.97 Å². The van der Waals surface area contributed by atoms with Crippen LogP contribution in [0.3, 0.4) is 0 Å². The number of imidazole rings is 1. The summed E-state index contributed by atoms with van der Waals surface area (Å²) in [6, 6.07) is 12.7. The smallest absolute Gasteiger partial charge is 0.159 e. The van der Waals surface area contributed by atoms with Gasteiger partial charge in [-0.05, 0) is 30.3 Å². The molecule has 3 aromatic rings. The summed E-state index contributed by atoms with van der Waals surface area (Å²) in [7, 11) is 0. The highest BCUT2D eigenvalue weighted by atomic mass is 35.5. The number of hydrogen-bond donors (Lipinski definition) is 1.